The van der Waals surface area contributed by atoms with E-state index in [1.165, 1.54) is 18.3 Å². The number of ether oxygens (including phenoxy) is 3. The van der Waals surface area contributed by atoms with E-state index in [0.717, 1.165) is 28.3 Å². The van der Waals surface area contributed by atoms with Crippen molar-refractivity contribution in [2.24, 2.45) is 0 Å². The van der Waals surface area contributed by atoms with E-state index in [4.69, 9.17) is 14.2 Å². The minimum Gasteiger partial charge on any atom is -0.497 e. The molecule has 10 heteroatoms. The molecule has 3 aromatic carbocycles. The van der Waals surface area contributed by atoms with Crippen LogP contribution in [0.15, 0.2) is 72.1 Å². The Bertz CT molecular complexity index is 1590. The normalized spacial score (nSPS) is 11.7. The Balaban J connectivity index is 1.22. The number of hydrogen-bond acceptors (Lipinski definition) is 8. The van der Waals surface area contributed by atoms with Gasteiger partial charge in [-0.3, -0.25) is 10.1 Å². The van der Waals surface area contributed by atoms with Crippen molar-refractivity contribution in [3.8, 4) is 34.1 Å². The van der Waals surface area contributed by atoms with Crippen LogP contribution in [0.1, 0.15) is 17.3 Å². The van der Waals surface area contributed by atoms with Crippen LogP contribution in [0.3, 0.4) is 0 Å². The zero-order chi connectivity index (χ0) is 26.6. The predicted octanol–water partition coefficient (Wildman–Crippen LogP) is 5.55. The number of amides is 1. The van der Waals surface area contributed by atoms with Crippen molar-refractivity contribution in [1.29, 1.82) is 0 Å². The Labute approximate surface area is 222 Å². The molecule has 2 heterocycles. The molecule has 5 aromatic rings. The number of rotatable bonds is 8. The number of anilines is 1. The minimum atomic E-state index is -1.02. The second kappa shape index (κ2) is 10.7. The number of nitrogens with zero attached hydrogens (tertiary/aromatic N) is 2. The Morgan fingerprint density at radius 2 is 1.55 bits per heavy atom. The van der Waals surface area contributed by atoms with Gasteiger partial charge in [0.25, 0.3) is 5.91 Å². The molecule has 0 aliphatic carbocycles. The molecule has 0 radical (unpaired) electrons. The molecule has 9 nitrogen and oxygen atoms in total. The lowest BCUT2D eigenvalue weighted by molar-refractivity contribution is -0.123. The van der Waals surface area contributed by atoms with Gasteiger partial charge in [-0.1, -0.05) is 0 Å². The molecule has 0 bridgehead atoms. The second-order valence-corrected chi connectivity index (χ2v) is 9.21. The summed E-state index contributed by atoms with van der Waals surface area (Å²) >= 11 is 1.29. The Kier molecular flexibility index (Phi) is 7.05. The Hall–Kier alpha value is -4.70. The van der Waals surface area contributed by atoms with Crippen LogP contribution < -0.4 is 14.8 Å². The van der Waals surface area contributed by atoms with Crippen molar-refractivity contribution in [1.82, 2.24) is 15.0 Å². The van der Waals surface area contributed by atoms with Crippen molar-refractivity contribution < 1.29 is 23.8 Å². The number of aromatic nitrogens is 3. The smallest absolute Gasteiger partial charge is 0.338 e. The number of carbonyl (C=O) groups excluding carboxylic acids is 2. The number of nitrogens with one attached hydrogen (secondary N) is 2. The van der Waals surface area contributed by atoms with E-state index in [9.17, 15) is 9.59 Å². The van der Waals surface area contributed by atoms with Crippen LogP contribution in [0, 0.1) is 0 Å². The van der Waals surface area contributed by atoms with E-state index < -0.39 is 18.0 Å². The molecule has 192 valence electrons. The van der Waals surface area contributed by atoms with Gasteiger partial charge in [-0.15, -0.1) is 11.3 Å². The van der Waals surface area contributed by atoms with Gasteiger partial charge in [-0.25, -0.2) is 14.8 Å². The molecule has 5 rings (SSSR count). The van der Waals surface area contributed by atoms with Gasteiger partial charge < -0.3 is 19.2 Å². The lowest BCUT2D eigenvalue weighted by Gasteiger charge is -2.12. The van der Waals surface area contributed by atoms with Gasteiger partial charge in [0.05, 0.1) is 36.5 Å². The van der Waals surface area contributed by atoms with E-state index in [0.29, 0.717) is 27.6 Å². The van der Waals surface area contributed by atoms with Gasteiger partial charge in [-0.05, 0) is 73.7 Å². The maximum atomic E-state index is 12.8. The molecule has 0 aliphatic heterocycles. The first-order valence-corrected chi connectivity index (χ1v) is 12.6. The first-order chi connectivity index (χ1) is 18.4. The number of hydrogen-bond donors (Lipinski definition) is 2. The molecule has 2 N–H and O–H groups in total. The SMILES string of the molecule is COc1ccc(-c2csc(NC(=O)C(C)OC(=O)c3ccc4nc(-c5ccc(OC)cc5)[nH]c4c3)n2)cc1. The largest absolute Gasteiger partial charge is 0.497 e. The topological polar surface area (TPSA) is 115 Å². The molecule has 0 saturated heterocycles. The molecule has 38 heavy (non-hydrogen) atoms. The van der Waals surface area contributed by atoms with Gasteiger partial charge in [0.15, 0.2) is 11.2 Å². The van der Waals surface area contributed by atoms with E-state index in [-0.39, 0.29) is 0 Å². The first-order valence-electron chi connectivity index (χ1n) is 11.7. The minimum absolute atomic E-state index is 0.304. The third kappa shape index (κ3) is 5.35. The van der Waals surface area contributed by atoms with Crippen molar-refractivity contribution in [2.45, 2.75) is 13.0 Å². The van der Waals surface area contributed by atoms with Crippen LogP contribution in [-0.2, 0) is 9.53 Å². The highest BCUT2D eigenvalue weighted by molar-refractivity contribution is 7.14. The van der Waals surface area contributed by atoms with E-state index in [1.807, 2.05) is 53.9 Å². The Morgan fingerprint density at radius 1 is 0.895 bits per heavy atom. The summed E-state index contributed by atoms with van der Waals surface area (Å²) in [6.45, 7) is 1.52. The van der Waals surface area contributed by atoms with Gasteiger partial charge in [0.1, 0.15) is 17.3 Å². The zero-order valence-corrected chi connectivity index (χ0v) is 21.7. The van der Waals surface area contributed by atoms with Crippen LogP contribution in [0.2, 0.25) is 0 Å². The molecule has 2 aromatic heterocycles. The number of benzene rings is 3. The van der Waals surface area contributed by atoms with Gasteiger partial charge in [0, 0.05) is 16.5 Å². The monoisotopic (exact) mass is 528 g/mol. The molecule has 0 fully saturated rings. The molecule has 0 aliphatic rings. The zero-order valence-electron chi connectivity index (χ0n) is 20.8. The molecule has 0 spiro atoms. The summed E-state index contributed by atoms with van der Waals surface area (Å²) in [6, 6.07) is 20.0. The number of carbonyl (C=O) groups is 2. The molecular weight excluding hydrogens is 504 g/mol. The standard InChI is InChI=1S/C28H24N4O5S/c1-16(26(33)32-28-31-24(15-38-28)17-4-9-20(35-2)10-5-17)37-27(34)19-8-13-22-23(14-19)30-25(29-22)18-6-11-21(36-3)12-7-18/h4-16H,1-3H3,(H,29,30)(H,31,32,33). The summed E-state index contributed by atoms with van der Waals surface area (Å²) in [5.74, 6) is 1.07. The van der Waals surface area contributed by atoms with Crippen molar-refractivity contribution in [2.75, 3.05) is 19.5 Å². The number of methoxy groups -OCH3 is 2. The molecule has 1 atom stereocenters. The highest BCUT2D eigenvalue weighted by Gasteiger charge is 2.21. The second-order valence-electron chi connectivity index (χ2n) is 8.35. The summed E-state index contributed by atoms with van der Waals surface area (Å²) in [7, 11) is 3.22. The van der Waals surface area contributed by atoms with Gasteiger partial charge in [0.2, 0.25) is 0 Å². The van der Waals surface area contributed by atoms with E-state index in [1.54, 1.807) is 32.4 Å². The number of esters is 1. The number of imidazole rings is 1. The van der Waals surface area contributed by atoms with Crippen molar-refractivity contribution in [3.63, 3.8) is 0 Å². The molecule has 1 amide bonds. The van der Waals surface area contributed by atoms with Gasteiger partial charge >= 0.3 is 5.97 Å². The third-order valence-electron chi connectivity index (χ3n) is 5.85. The van der Waals surface area contributed by atoms with Crippen LogP contribution in [0.5, 0.6) is 11.5 Å². The maximum Gasteiger partial charge on any atom is 0.338 e. The highest BCUT2D eigenvalue weighted by atomic mass is 32.1. The summed E-state index contributed by atoms with van der Waals surface area (Å²) in [4.78, 5) is 37.7. The average molecular weight is 529 g/mol. The van der Waals surface area contributed by atoms with E-state index >= 15 is 0 Å². The fourth-order valence-electron chi connectivity index (χ4n) is 3.74. The number of aromatic amines is 1. The number of fused-ring (bicyclic) bond motifs is 1. The number of thiazole rings is 1. The maximum absolute atomic E-state index is 12.8. The van der Waals surface area contributed by atoms with Crippen LogP contribution >= 0.6 is 11.3 Å². The quantitative estimate of drug-likeness (QED) is 0.254. The lowest BCUT2D eigenvalue weighted by atomic mass is 10.2. The average Bonchev–Trinajstić information content (AvgIpc) is 3.60. The summed E-state index contributed by atoms with van der Waals surface area (Å²) in [5, 5.41) is 4.96. The highest BCUT2D eigenvalue weighted by Crippen LogP contribution is 2.27. The van der Waals surface area contributed by atoms with Crippen LogP contribution in [-0.4, -0.2) is 47.2 Å². The van der Waals surface area contributed by atoms with Crippen LogP contribution in [0.4, 0.5) is 5.13 Å². The summed E-state index contributed by atoms with van der Waals surface area (Å²) in [6.07, 6.45) is -1.02. The molecule has 1 unspecified atom stereocenters. The van der Waals surface area contributed by atoms with Gasteiger partial charge in [-0.2, -0.15) is 0 Å². The number of H-pyrrole nitrogens is 1. The third-order valence-corrected chi connectivity index (χ3v) is 6.61. The fraction of sp³-hybridized carbons (Fsp3) is 0.143. The first kappa shape index (κ1) is 25.0. The summed E-state index contributed by atoms with van der Waals surface area (Å²) in [5.41, 5.74) is 4.18. The lowest BCUT2D eigenvalue weighted by Crippen LogP contribution is -2.29. The van der Waals surface area contributed by atoms with Crippen molar-refractivity contribution in [3.05, 3.63) is 77.7 Å². The van der Waals surface area contributed by atoms with E-state index in [2.05, 4.69) is 20.3 Å². The molecule has 0 saturated carbocycles. The van der Waals surface area contributed by atoms with Crippen LogP contribution in [0.25, 0.3) is 33.7 Å². The predicted molar refractivity (Wildman–Crippen MR) is 146 cm³/mol. The van der Waals surface area contributed by atoms with Crippen molar-refractivity contribution >= 4 is 39.4 Å². The summed E-state index contributed by atoms with van der Waals surface area (Å²) < 4.78 is 15.8. The fourth-order valence-corrected chi connectivity index (χ4v) is 4.46. The Morgan fingerprint density at radius 3 is 2.21 bits per heavy atom. The molecular formula is C28H24N4O5S.